The first kappa shape index (κ1) is 16.3. The molecule has 1 rings (SSSR count). The highest BCUT2D eigenvalue weighted by atomic mass is 32.2. The Morgan fingerprint density at radius 1 is 1.72 bits per heavy atom. The lowest BCUT2D eigenvalue weighted by Crippen LogP contribution is -2.32. The van der Waals surface area contributed by atoms with Gasteiger partial charge in [-0.3, -0.25) is 19.9 Å². The van der Waals surface area contributed by atoms with Gasteiger partial charge in [0.2, 0.25) is 0 Å². The number of aromatic nitrogens is 1. The quantitative estimate of drug-likeness (QED) is 0.621. The number of nitro groups is 1. The second kappa shape index (κ2) is 8.43. The fourth-order valence-electron chi connectivity index (χ4n) is 0.920. The number of hydrogen-bond donors (Lipinski definition) is 2. The van der Waals surface area contributed by atoms with Crippen molar-refractivity contribution in [1.29, 1.82) is 0 Å². The van der Waals surface area contributed by atoms with E-state index in [1.165, 1.54) is 24.0 Å². The lowest BCUT2D eigenvalue weighted by Gasteiger charge is -2.00. The van der Waals surface area contributed by atoms with Gasteiger partial charge in [0.25, 0.3) is 5.69 Å². The van der Waals surface area contributed by atoms with E-state index in [1.807, 2.05) is 6.26 Å². The van der Waals surface area contributed by atoms with Gasteiger partial charge in [0.1, 0.15) is 11.7 Å². The molecule has 0 fully saturated rings. The molecule has 7 nitrogen and oxygen atoms in total. The topological polar surface area (TPSA) is 119 Å². The van der Waals surface area contributed by atoms with Crippen molar-refractivity contribution >= 4 is 23.4 Å². The van der Waals surface area contributed by atoms with Crippen LogP contribution in [0.2, 0.25) is 0 Å². The molecule has 0 aliphatic heterocycles. The van der Waals surface area contributed by atoms with Gasteiger partial charge < -0.3 is 10.8 Å². The molecule has 1 unspecified atom stereocenters. The average Bonchev–Trinajstić information content (AvgIpc) is 2.30. The van der Waals surface area contributed by atoms with Crippen LogP contribution in [0.25, 0.3) is 0 Å². The van der Waals surface area contributed by atoms with Gasteiger partial charge >= 0.3 is 5.97 Å². The lowest BCUT2D eigenvalue weighted by atomic mass is 10.3. The third-order valence-electron chi connectivity index (χ3n) is 1.84. The third-order valence-corrected chi connectivity index (χ3v) is 2.53. The molecule has 0 aliphatic rings. The van der Waals surface area contributed by atoms with Crippen molar-refractivity contribution in [1.82, 2.24) is 4.98 Å². The van der Waals surface area contributed by atoms with Crippen molar-refractivity contribution in [2.24, 2.45) is 5.73 Å². The molecule has 3 N–H and O–H groups in total. The maximum Gasteiger partial charge on any atom is 0.321 e. The number of carboxylic acids is 1. The number of aryl methyl sites for hydroxylation is 1. The van der Waals surface area contributed by atoms with Crippen LogP contribution in [0.5, 0.6) is 0 Å². The first-order chi connectivity index (χ1) is 8.40. The zero-order valence-electron chi connectivity index (χ0n) is 10.1. The summed E-state index contributed by atoms with van der Waals surface area (Å²) in [6.45, 7) is 1.61. The number of rotatable bonds is 4. The first-order valence-corrected chi connectivity index (χ1v) is 6.32. The summed E-state index contributed by atoms with van der Waals surface area (Å²) in [7, 11) is 0. The average molecular weight is 273 g/mol. The Hall–Kier alpha value is -1.67. The number of carboxylic acid groups (broad SMARTS) is 1. The van der Waals surface area contributed by atoms with Crippen LogP contribution in [-0.4, -0.2) is 39.0 Å². The fourth-order valence-corrected chi connectivity index (χ4v) is 1.42. The minimum absolute atomic E-state index is 0.0718. The molecule has 0 saturated heterocycles. The normalized spacial score (nSPS) is 11.1. The molecule has 1 heterocycles. The standard InChI is InChI=1S/C6H6N2O2.C4H9NO2S/c1-5-6(8(9)10)3-2-4-7-5;1-8-2-3(5)4(6)7/h2-4H,1H3;3H,2,5H2,1H3,(H,6,7). The number of nitrogens with two attached hydrogens (primary N) is 1. The lowest BCUT2D eigenvalue weighted by molar-refractivity contribution is -0.385. The predicted molar refractivity (Wildman–Crippen MR) is 69.6 cm³/mol. The number of hydrogen-bond acceptors (Lipinski definition) is 6. The minimum Gasteiger partial charge on any atom is -0.480 e. The van der Waals surface area contributed by atoms with E-state index in [1.54, 1.807) is 13.0 Å². The van der Waals surface area contributed by atoms with Crippen molar-refractivity contribution in [2.45, 2.75) is 13.0 Å². The number of carbonyl (C=O) groups is 1. The molecule has 8 heteroatoms. The molecular formula is C10H15N3O4S. The summed E-state index contributed by atoms with van der Waals surface area (Å²) >= 11 is 1.43. The minimum atomic E-state index is -0.931. The van der Waals surface area contributed by atoms with Crippen LogP contribution < -0.4 is 5.73 Å². The summed E-state index contributed by atoms with van der Waals surface area (Å²) in [6, 6.07) is 2.28. The molecule has 0 aliphatic carbocycles. The predicted octanol–water partition coefficient (Wildman–Crippen LogP) is 1.06. The summed E-state index contributed by atoms with van der Waals surface area (Å²) in [6.07, 6.45) is 3.35. The summed E-state index contributed by atoms with van der Waals surface area (Å²) < 4.78 is 0. The molecule has 1 aromatic heterocycles. The van der Waals surface area contributed by atoms with E-state index in [2.05, 4.69) is 4.98 Å². The van der Waals surface area contributed by atoms with E-state index in [4.69, 9.17) is 10.8 Å². The molecule has 18 heavy (non-hydrogen) atoms. The summed E-state index contributed by atoms with van der Waals surface area (Å²) in [5.74, 6) is -0.450. The molecule has 0 spiro atoms. The van der Waals surface area contributed by atoms with Crippen LogP contribution >= 0.6 is 11.8 Å². The molecule has 0 saturated carbocycles. The maximum atomic E-state index is 10.2. The van der Waals surface area contributed by atoms with Gasteiger partial charge in [0, 0.05) is 18.0 Å². The maximum absolute atomic E-state index is 10.2. The highest BCUT2D eigenvalue weighted by molar-refractivity contribution is 7.98. The van der Waals surface area contributed by atoms with Crippen LogP contribution in [0.15, 0.2) is 18.3 Å². The Morgan fingerprint density at radius 2 is 2.33 bits per heavy atom. The monoisotopic (exact) mass is 273 g/mol. The molecule has 0 bridgehead atoms. The Morgan fingerprint density at radius 3 is 2.61 bits per heavy atom. The zero-order chi connectivity index (χ0) is 14.1. The highest BCUT2D eigenvalue weighted by Crippen LogP contribution is 2.12. The Balaban J connectivity index is 0.000000331. The Bertz CT molecular complexity index is 414. The van der Waals surface area contributed by atoms with Gasteiger partial charge in [-0.1, -0.05) is 0 Å². The van der Waals surface area contributed by atoms with Crippen molar-refractivity contribution in [3.05, 3.63) is 34.1 Å². The van der Waals surface area contributed by atoms with Gasteiger partial charge in [0.15, 0.2) is 0 Å². The second-order valence-corrected chi connectivity index (χ2v) is 4.18. The van der Waals surface area contributed by atoms with Crippen LogP contribution in [0.3, 0.4) is 0 Å². The van der Waals surface area contributed by atoms with Gasteiger partial charge in [-0.2, -0.15) is 11.8 Å². The zero-order valence-corrected chi connectivity index (χ0v) is 10.9. The SMILES string of the molecule is CSCC(N)C(=O)O.Cc1ncccc1[N+](=O)[O-]. The first-order valence-electron chi connectivity index (χ1n) is 4.93. The molecule has 0 aromatic carbocycles. The van der Waals surface area contributed by atoms with Crippen LogP contribution in [0.4, 0.5) is 5.69 Å². The van der Waals surface area contributed by atoms with E-state index in [0.29, 0.717) is 11.4 Å². The molecule has 100 valence electrons. The van der Waals surface area contributed by atoms with Gasteiger partial charge in [0.05, 0.1) is 4.92 Å². The third kappa shape index (κ3) is 6.16. The van der Waals surface area contributed by atoms with Crippen LogP contribution in [0, 0.1) is 17.0 Å². The molecule has 1 aromatic rings. The summed E-state index contributed by atoms with van der Waals surface area (Å²) in [5.41, 5.74) is 5.63. The van der Waals surface area contributed by atoms with E-state index in [-0.39, 0.29) is 5.69 Å². The molecule has 1 atom stereocenters. The largest absolute Gasteiger partial charge is 0.480 e. The van der Waals surface area contributed by atoms with Gasteiger partial charge in [-0.25, -0.2) is 0 Å². The van der Waals surface area contributed by atoms with Crippen molar-refractivity contribution in [3.8, 4) is 0 Å². The van der Waals surface area contributed by atoms with E-state index >= 15 is 0 Å². The second-order valence-electron chi connectivity index (χ2n) is 3.27. The molecule has 0 amide bonds. The number of thioether (sulfide) groups is 1. The van der Waals surface area contributed by atoms with Gasteiger partial charge in [-0.15, -0.1) is 0 Å². The Kier molecular flexibility index (Phi) is 7.64. The summed E-state index contributed by atoms with van der Waals surface area (Å²) in [5, 5.41) is 18.4. The number of aliphatic carboxylic acids is 1. The van der Waals surface area contributed by atoms with Crippen molar-refractivity contribution < 1.29 is 14.8 Å². The molecule has 0 radical (unpaired) electrons. The van der Waals surface area contributed by atoms with Crippen molar-refractivity contribution in [2.75, 3.05) is 12.0 Å². The smallest absolute Gasteiger partial charge is 0.321 e. The highest BCUT2D eigenvalue weighted by Gasteiger charge is 2.08. The number of nitrogens with zero attached hydrogens (tertiary/aromatic N) is 2. The van der Waals surface area contributed by atoms with Crippen LogP contribution in [0.1, 0.15) is 5.69 Å². The van der Waals surface area contributed by atoms with E-state index in [0.717, 1.165) is 0 Å². The fraction of sp³-hybridized carbons (Fsp3) is 0.400. The van der Waals surface area contributed by atoms with E-state index in [9.17, 15) is 14.9 Å². The van der Waals surface area contributed by atoms with Gasteiger partial charge in [-0.05, 0) is 19.2 Å². The van der Waals surface area contributed by atoms with Crippen molar-refractivity contribution in [3.63, 3.8) is 0 Å². The summed E-state index contributed by atoms with van der Waals surface area (Å²) in [4.78, 5) is 23.5. The molecular weight excluding hydrogens is 258 g/mol. The van der Waals surface area contributed by atoms with E-state index < -0.39 is 16.9 Å². The Labute approximate surface area is 109 Å². The van der Waals surface area contributed by atoms with Crippen LogP contribution in [-0.2, 0) is 4.79 Å². The number of pyridine rings is 1.